The zero-order valence-electron chi connectivity index (χ0n) is 13.2. The Morgan fingerprint density at radius 3 is 2.86 bits per heavy atom. The average Bonchev–Trinajstić information content (AvgIpc) is 2.96. The van der Waals surface area contributed by atoms with Crippen molar-refractivity contribution < 1.29 is 4.79 Å². The van der Waals surface area contributed by atoms with Gasteiger partial charge >= 0.3 is 0 Å². The van der Waals surface area contributed by atoms with Crippen LogP contribution < -0.4 is 10.6 Å². The Kier molecular flexibility index (Phi) is 5.94. The van der Waals surface area contributed by atoms with Crippen molar-refractivity contribution >= 4 is 11.7 Å². The number of imidazole rings is 1. The number of aromatic nitrogens is 3. The van der Waals surface area contributed by atoms with E-state index in [9.17, 15) is 4.79 Å². The largest absolute Gasteiger partial charge is 0.370 e. The van der Waals surface area contributed by atoms with E-state index < -0.39 is 0 Å². The Balaban J connectivity index is 1.62. The second-order valence-electron chi connectivity index (χ2n) is 5.18. The van der Waals surface area contributed by atoms with Gasteiger partial charge in [-0.2, -0.15) is 0 Å². The van der Waals surface area contributed by atoms with Crippen molar-refractivity contribution in [2.45, 2.75) is 33.2 Å². The minimum atomic E-state index is 0.0150. The van der Waals surface area contributed by atoms with E-state index in [1.807, 2.05) is 42.9 Å². The molecule has 0 aliphatic rings. The summed E-state index contributed by atoms with van der Waals surface area (Å²) in [5, 5.41) is 6.15. The first-order valence-electron chi connectivity index (χ1n) is 7.62. The molecule has 0 radical (unpaired) electrons. The molecule has 0 aliphatic heterocycles. The molecule has 6 heteroatoms. The lowest BCUT2D eigenvalue weighted by atomic mass is 10.3. The predicted molar refractivity (Wildman–Crippen MR) is 86.7 cm³/mol. The molecule has 2 rings (SSSR count). The highest BCUT2D eigenvalue weighted by Crippen LogP contribution is 2.03. The molecule has 0 aromatic carbocycles. The van der Waals surface area contributed by atoms with Crippen molar-refractivity contribution in [2.24, 2.45) is 0 Å². The van der Waals surface area contributed by atoms with Crippen LogP contribution in [0.15, 0.2) is 30.7 Å². The number of pyridine rings is 1. The molecule has 0 aliphatic carbocycles. The van der Waals surface area contributed by atoms with Crippen LogP contribution in [-0.4, -0.2) is 33.5 Å². The monoisotopic (exact) mass is 301 g/mol. The predicted octanol–water partition coefficient (Wildman–Crippen LogP) is 1.77. The molecule has 0 unspecified atom stereocenters. The molecule has 0 spiro atoms. The number of rotatable bonds is 8. The maximum absolute atomic E-state index is 11.9. The number of anilines is 1. The van der Waals surface area contributed by atoms with Crippen LogP contribution in [0, 0.1) is 6.92 Å². The van der Waals surface area contributed by atoms with Crippen molar-refractivity contribution in [3.8, 4) is 0 Å². The summed E-state index contributed by atoms with van der Waals surface area (Å²) < 4.78 is 1.88. The molecule has 0 saturated carbocycles. The summed E-state index contributed by atoms with van der Waals surface area (Å²) in [5.74, 6) is 1.81. The van der Waals surface area contributed by atoms with Crippen LogP contribution in [0.25, 0.3) is 0 Å². The van der Waals surface area contributed by atoms with Crippen LogP contribution in [0.5, 0.6) is 0 Å². The summed E-state index contributed by atoms with van der Waals surface area (Å²) in [5.41, 5.74) is 1.14. The van der Waals surface area contributed by atoms with E-state index in [0.717, 1.165) is 36.6 Å². The van der Waals surface area contributed by atoms with E-state index in [1.165, 1.54) is 0 Å². The highest BCUT2D eigenvalue weighted by atomic mass is 16.1. The molecule has 0 saturated heterocycles. The van der Waals surface area contributed by atoms with Gasteiger partial charge in [-0.25, -0.2) is 9.97 Å². The first kappa shape index (κ1) is 16.0. The van der Waals surface area contributed by atoms with Crippen LogP contribution in [0.3, 0.4) is 0 Å². The molecular weight excluding hydrogens is 278 g/mol. The Bertz CT molecular complexity index is 591. The normalized spacial score (nSPS) is 10.5. The molecule has 0 bridgehead atoms. The molecule has 2 aromatic heterocycles. The third-order valence-electron chi connectivity index (χ3n) is 3.33. The first-order valence-corrected chi connectivity index (χ1v) is 7.62. The number of amides is 1. The van der Waals surface area contributed by atoms with Crippen LogP contribution in [-0.2, 0) is 17.8 Å². The van der Waals surface area contributed by atoms with Gasteiger partial charge in [0.2, 0.25) is 5.91 Å². The summed E-state index contributed by atoms with van der Waals surface area (Å²) in [4.78, 5) is 20.3. The average molecular weight is 301 g/mol. The van der Waals surface area contributed by atoms with Gasteiger partial charge in [-0.3, -0.25) is 4.79 Å². The molecule has 22 heavy (non-hydrogen) atoms. The van der Waals surface area contributed by atoms with Gasteiger partial charge < -0.3 is 15.2 Å². The minimum absolute atomic E-state index is 0.0150. The van der Waals surface area contributed by atoms with E-state index >= 15 is 0 Å². The van der Waals surface area contributed by atoms with Crippen LogP contribution in [0.1, 0.15) is 24.7 Å². The lowest BCUT2D eigenvalue weighted by Crippen LogP contribution is -2.29. The zero-order chi connectivity index (χ0) is 15.8. The lowest BCUT2D eigenvalue weighted by Gasteiger charge is -2.09. The molecule has 118 valence electrons. The number of aryl methyl sites for hydroxylation is 2. The molecule has 2 heterocycles. The second kappa shape index (κ2) is 8.17. The fourth-order valence-electron chi connectivity index (χ4n) is 2.11. The number of nitrogens with zero attached hydrogens (tertiary/aromatic N) is 3. The van der Waals surface area contributed by atoms with Gasteiger partial charge in [-0.1, -0.05) is 13.0 Å². The van der Waals surface area contributed by atoms with Crippen molar-refractivity contribution in [1.82, 2.24) is 19.9 Å². The van der Waals surface area contributed by atoms with E-state index in [-0.39, 0.29) is 5.91 Å². The number of nitrogens with one attached hydrogen (secondary N) is 2. The summed E-state index contributed by atoms with van der Waals surface area (Å²) >= 11 is 0. The quantitative estimate of drug-likeness (QED) is 0.729. The number of carbonyl (C=O) groups is 1. The Hall–Kier alpha value is -2.37. The number of hydrogen-bond acceptors (Lipinski definition) is 4. The van der Waals surface area contributed by atoms with Gasteiger partial charge in [0.25, 0.3) is 0 Å². The topological polar surface area (TPSA) is 71.8 Å². The highest BCUT2D eigenvalue weighted by Gasteiger charge is 2.05. The van der Waals surface area contributed by atoms with Gasteiger partial charge in [0.05, 0.1) is 0 Å². The summed E-state index contributed by atoms with van der Waals surface area (Å²) in [6.07, 6.45) is 7.08. The summed E-state index contributed by atoms with van der Waals surface area (Å²) in [7, 11) is 0. The van der Waals surface area contributed by atoms with Crippen LogP contribution >= 0.6 is 0 Å². The summed E-state index contributed by atoms with van der Waals surface area (Å²) in [6.45, 7) is 5.80. The van der Waals surface area contributed by atoms with Gasteiger partial charge in [-0.15, -0.1) is 0 Å². The smallest absolute Gasteiger partial charge is 0.239 e. The number of carbonyl (C=O) groups excluding carboxylic acids is 1. The van der Waals surface area contributed by atoms with Crippen LogP contribution in [0.4, 0.5) is 5.82 Å². The molecule has 2 aromatic rings. The molecule has 2 N–H and O–H groups in total. The van der Waals surface area contributed by atoms with E-state index in [2.05, 4.69) is 20.6 Å². The van der Waals surface area contributed by atoms with Crippen molar-refractivity contribution in [3.05, 3.63) is 42.1 Å². The molecule has 1 amide bonds. The van der Waals surface area contributed by atoms with E-state index in [0.29, 0.717) is 13.1 Å². The molecule has 0 fully saturated rings. The van der Waals surface area contributed by atoms with Gasteiger partial charge in [-0.05, 0) is 25.0 Å². The highest BCUT2D eigenvalue weighted by molar-refractivity contribution is 5.75. The van der Waals surface area contributed by atoms with E-state index in [1.54, 1.807) is 6.20 Å². The maximum Gasteiger partial charge on any atom is 0.239 e. The second-order valence-corrected chi connectivity index (χ2v) is 5.18. The first-order chi connectivity index (χ1) is 10.7. The third kappa shape index (κ3) is 4.87. The summed E-state index contributed by atoms with van der Waals surface area (Å²) in [6, 6.07) is 3.98. The minimum Gasteiger partial charge on any atom is -0.370 e. The van der Waals surface area contributed by atoms with Gasteiger partial charge in [0, 0.05) is 38.1 Å². The van der Waals surface area contributed by atoms with Crippen molar-refractivity contribution in [1.29, 1.82) is 0 Å². The van der Waals surface area contributed by atoms with Crippen molar-refractivity contribution in [3.63, 3.8) is 0 Å². The zero-order valence-corrected chi connectivity index (χ0v) is 13.2. The SMILES string of the molecule is CCc1nccn1CC(=O)NCCCNc1ccc(C)cn1. The standard InChI is InChI=1S/C16H23N5O/c1-3-15-18-9-10-21(15)12-16(22)19-8-4-7-17-14-6-5-13(2)11-20-14/h5-6,9-11H,3-4,7-8,12H2,1-2H3,(H,17,20)(H,19,22). The van der Waals surface area contributed by atoms with Gasteiger partial charge in [0.15, 0.2) is 0 Å². The number of hydrogen-bond donors (Lipinski definition) is 2. The fourth-order valence-corrected chi connectivity index (χ4v) is 2.11. The molecule has 0 atom stereocenters. The van der Waals surface area contributed by atoms with Crippen molar-refractivity contribution in [2.75, 3.05) is 18.4 Å². The Morgan fingerprint density at radius 1 is 1.27 bits per heavy atom. The maximum atomic E-state index is 11.9. The van der Waals surface area contributed by atoms with E-state index in [4.69, 9.17) is 0 Å². The van der Waals surface area contributed by atoms with Gasteiger partial charge in [0.1, 0.15) is 18.2 Å². The lowest BCUT2D eigenvalue weighted by molar-refractivity contribution is -0.121. The molecule has 6 nitrogen and oxygen atoms in total. The molecular formula is C16H23N5O. The fraction of sp³-hybridized carbons (Fsp3) is 0.438. The van der Waals surface area contributed by atoms with Crippen LogP contribution in [0.2, 0.25) is 0 Å². The Labute approximate surface area is 131 Å². The third-order valence-corrected chi connectivity index (χ3v) is 3.33. The Morgan fingerprint density at radius 2 is 2.14 bits per heavy atom.